The molecule has 0 spiro atoms. The molecule has 61 heavy (non-hydrogen) atoms. The summed E-state index contributed by atoms with van der Waals surface area (Å²) in [5.41, 5.74) is 3.71. The van der Waals surface area contributed by atoms with Crippen LogP contribution in [0.1, 0.15) is 43.3 Å². The van der Waals surface area contributed by atoms with Crippen LogP contribution in [-0.4, -0.2) is 119 Å². The number of aryl methyl sites for hydroxylation is 2. The first-order valence-corrected chi connectivity index (χ1v) is 21.7. The zero-order valence-corrected chi connectivity index (χ0v) is 36.2. The number of carbonyl (C=O) groups is 3. The second-order valence-corrected chi connectivity index (χ2v) is 17.3. The van der Waals surface area contributed by atoms with Crippen LogP contribution in [0.4, 0.5) is 45.9 Å². The number of hydrogen-bond donors (Lipinski definition) is 5. The Bertz CT molecular complexity index is 2180. The van der Waals surface area contributed by atoms with Crippen molar-refractivity contribution in [2.75, 3.05) is 79.9 Å². The number of piperazine rings is 2. The molecule has 5 N–H and O–H groups in total. The number of rotatable bonds is 9. The monoisotopic (exact) mass is 866 g/mol. The molecule has 0 unspecified atom stereocenters. The van der Waals surface area contributed by atoms with Gasteiger partial charge in [-0.2, -0.15) is 4.31 Å². The van der Waals surface area contributed by atoms with Crippen LogP contribution in [-0.2, 0) is 23.1 Å². The number of pyridine rings is 2. The van der Waals surface area contributed by atoms with E-state index in [1.165, 1.54) is 40.0 Å². The zero-order valence-electron chi connectivity index (χ0n) is 35.4. The molecule has 330 valence electrons. The highest BCUT2D eigenvalue weighted by Crippen LogP contribution is 2.22. The second kappa shape index (κ2) is 22.7. The zero-order chi connectivity index (χ0) is 44.7. The van der Waals surface area contributed by atoms with Gasteiger partial charge in [-0.05, 0) is 56.2 Å². The number of carboxylic acid groups (broad SMARTS) is 1. The van der Waals surface area contributed by atoms with Gasteiger partial charge in [-0.1, -0.05) is 45.0 Å². The average Bonchev–Trinajstić information content (AvgIpc) is 3.20. The minimum absolute atomic E-state index is 0.0786. The van der Waals surface area contributed by atoms with Crippen LogP contribution >= 0.6 is 0 Å². The smallest absolute Gasteiger partial charge is 0.407 e. The Morgan fingerprint density at radius 3 is 1.39 bits per heavy atom. The quantitative estimate of drug-likeness (QED) is 0.119. The molecule has 6 rings (SSSR count). The summed E-state index contributed by atoms with van der Waals surface area (Å²) in [6.07, 6.45) is 3.30. The minimum atomic E-state index is -3.21. The van der Waals surface area contributed by atoms with Gasteiger partial charge in [0.25, 0.3) is 0 Å². The first kappa shape index (κ1) is 47.9. The minimum Gasteiger partial charge on any atom is -0.465 e. The number of urea groups is 2. The molecule has 16 nitrogen and oxygen atoms in total. The first-order chi connectivity index (χ1) is 28.9. The molecule has 5 amide bonds. The number of amides is 5. The van der Waals surface area contributed by atoms with Crippen LogP contribution in [0.2, 0.25) is 0 Å². The Morgan fingerprint density at radius 2 is 1.05 bits per heavy atom. The fraction of sp³-hybridized carbons (Fsp3) is 0.405. The maximum atomic E-state index is 14.9. The van der Waals surface area contributed by atoms with Gasteiger partial charge in [-0.15, -0.1) is 0 Å². The van der Waals surface area contributed by atoms with E-state index in [9.17, 15) is 31.6 Å². The number of anilines is 4. The van der Waals surface area contributed by atoms with Crippen LogP contribution < -0.4 is 21.3 Å². The molecule has 4 heterocycles. The Morgan fingerprint density at radius 1 is 0.656 bits per heavy atom. The summed E-state index contributed by atoms with van der Waals surface area (Å²) in [6, 6.07) is 15.5. The largest absolute Gasteiger partial charge is 0.465 e. The SMILES string of the molecule is CC(C)C.Cc1ccc(NC(=O)Nc2cccc(CN3CCN(C(=O)O)CC3)c2F)cn1.Cc1ccc(NC(=O)Nc2cccc(CN3CCN(S(C)(=O)=O)CC3)c2F)cn1. The summed E-state index contributed by atoms with van der Waals surface area (Å²) in [5, 5.41) is 19.3. The third-order valence-corrected chi connectivity index (χ3v) is 10.5. The number of hydrogen-bond acceptors (Lipinski definition) is 9. The standard InChI is InChI=1S/C19H24FN5O3S.C19H22FN5O3.C4H10/c1-14-6-7-16(12-21-14)22-19(26)23-17-5-3-4-15(18(17)20)13-24-8-10-25(11-9-24)29(2,27)28;1-13-5-6-15(11-21-13)22-18(26)23-16-4-2-3-14(17(16)20)12-24-7-9-25(10-8-24)19(27)28;1-4(2)3/h3-7,12H,8-11,13H2,1-2H3,(H2,22,23,26);2-6,11H,7-10,12H2,1H3,(H,27,28)(H2,22,23,26);4H,1-3H3. The average molecular weight is 867 g/mol. The number of halogens is 2. The summed E-state index contributed by atoms with van der Waals surface area (Å²) in [6.45, 7) is 14.5. The summed E-state index contributed by atoms with van der Waals surface area (Å²) in [7, 11) is -3.21. The van der Waals surface area contributed by atoms with E-state index in [0.717, 1.165) is 17.3 Å². The van der Waals surface area contributed by atoms with Crippen LogP contribution in [0, 0.1) is 31.4 Å². The fourth-order valence-corrected chi connectivity index (χ4v) is 6.87. The highest BCUT2D eigenvalue weighted by molar-refractivity contribution is 7.88. The van der Waals surface area contributed by atoms with Gasteiger partial charge >= 0.3 is 18.2 Å². The number of nitrogens with one attached hydrogen (secondary N) is 4. The van der Waals surface area contributed by atoms with E-state index in [1.807, 2.05) is 23.6 Å². The molecule has 2 fully saturated rings. The van der Waals surface area contributed by atoms with Crippen LogP contribution in [0.15, 0.2) is 73.1 Å². The number of aromatic nitrogens is 2. The first-order valence-electron chi connectivity index (χ1n) is 19.8. The third kappa shape index (κ3) is 16.0. The molecule has 0 aliphatic carbocycles. The lowest BCUT2D eigenvalue weighted by Crippen LogP contribution is -2.47. The molecule has 2 aliphatic rings. The van der Waals surface area contributed by atoms with E-state index in [1.54, 1.807) is 48.5 Å². The maximum Gasteiger partial charge on any atom is 0.407 e. The van der Waals surface area contributed by atoms with Crippen molar-refractivity contribution in [3.8, 4) is 0 Å². The number of benzene rings is 2. The molecule has 0 radical (unpaired) electrons. The van der Waals surface area contributed by atoms with Gasteiger partial charge in [0.1, 0.15) is 0 Å². The van der Waals surface area contributed by atoms with E-state index in [4.69, 9.17) is 5.11 Å². The number of carbonyl (C=O) groups excluding carboxylic acids is 2. The predicted octanol–water partition coefficient (Wildman–Crippen LogP) is 6.88. The van der Waals surface area contributed by atoms with Gasteiger partial charge in [0.05, 0.1) is 41.4 Å². The molecule has 0 atom stereocenters. The molecule has 0 bridgehead atoms. The van der Waals surface area contributed by atoms with Crippen LogP contribution in [0.5, 0.6) is 0 Å². The summed E-state index contributed by atoms with van der Waals surface area (Å²) < 4.78 is 54.3. The third-order valence-electron chi connectivity index (χ3n) is 9.22. The van der Waals surface area contributed by atoms with Gasteiger partial charge in [0, 0.05) is 88.0 Å². The topological polar surface area (TPSA) is 192 Å². The molecule has 0 saturated carbocycles. The molecular formula is C42H56F2N10O6S. The summed E-state index contributed by atoms with van der Waals surface area (Å²) in [5.74, 6) is -0.171. The van der Waals surface area contributed by atoms with Crippen molar-refractivity contribution >= 4 is 50.9 Å². The molecular weight excluding hydrogens is 811 g/mol. The summed E-state index contributed by atoms with van der Waals surface area (Å²) >= 11 is 0. The lowest BCUT2D eigenvalue weighted by Gasteiger charge is -2.33. The Hall–Kier alpha value is -5.76. The van der Waals surface area contributed by atoms with E-state index in [0.29, 0.717) is 87.9 Å². The molecule has 19 heteroatoms. The highest BCUT2D eigenvalue weighted by Gasteiger charge is 2.25. The van der Waals surface area contributed by atoms with Gasteiger partial charge < -0.3 is 31.3 Å². The maximum absolute atomic E-state index is 14.9. The van der Waals surface area contributed by atoms with E-state index < -0.39 is 39.8 Å². The number of nitrogens with zero attached hydrogens (tertiary/aromatic N) is 6. The lowest BCUT2D eigenvalue weighted by atomic mass is 10.1. The lowest BCUT2D eigenvalue weighted by molar-refractivity contribution is 0.102. The van der Waals surface area contributed by atoms with E-state index >= 15 is 0 Å². The van der Waals surface area contributed by atoms with Gasteiger partial charge in [-0.3, -0.25) is 19.8 Å². The molecule has 2 saturated heterocycles. The van der Waals surface area contributed by atoms with Crippen molar-refractivity contribution < 1.29 is 36.7 Å². The van der Waals surface area contributed by atoms with Crippen LogP contribution in [0.3, 0.4) is 0 Å². The van der Waals surface area contributed by atoms with Gasteiger partial charge in [0.2, 0.25) is 10.0 Å². The number of sulfonamides is 1. The van der Waals surface area contributed by atoms with Crippen molar-refractivity contribution in [3.63, 3.8) is 0 Å². The van der Waals surface area contributed by atoms with Crippen molar-refractivity contribution in [1.29, 1.82) is 0 Å². The Balaban J connectivity index is 0.000000247. The molecule has 2 aliphatic heterocycles. The van der Waals surface area contributed by atoms with E-state index in [-0.39, 0.29) is 11.4 Å². The van der Waals surface area contributed by atoms with Gasteiger partial charge in [-0.25, -0.2) is 31.6 Å². The van der Waals surface area contributed by atoms with Crippen LogP contribution in [0.25, 0.3) is 0 Å². The Kier molecular flexibility index (Phi) is 17.9. The Labute approximate surface area is 356 Å². The summed E-state index contributed by atoms with van der Waals surface area (Å²) in [4.78, 5) is 48.8. The van der Waals surface area contributed by atoms with Gasteiger partial charge in [0.15, 0.2) is 11.6 Å². The van der Waals surface area contributed by atoms with E-state index in [2.05, 4.69) is 52.0 Å². The fourth-order valence-electron chi connectivity index (χ4n) is 6.05. The van der Waals surface area contributed by atoms with Crippen molar-refractivity contribution in [2.24, 2.45) is 5.92 Å². The normalized spacial score (nSPS) is 14.8. The predicted molar refractivity (Wildman–Crippen MR) is 233 cm³/mol. The molecule has 4 aromatic rings. The highest BCUT2D eigenvalue weighted by atomic mass is 32.2. The molecule has 2 aromatic heterocycles. The molecule has 2 aromatic carbocycles. The second-order valence-electron chi connectivity index (χ2n) is 15.3. The van der Waals surface area contributed by atoms with Crippen molar-refractivity contribution in [2.45, 2.75) is 47.7 Å². The van der Waals surface area contributed by atoms with Crippen molar-refractivity contribution in [1.82, 2.24) is 29.0 Å². The van der Waals surface area contributed by atoms with Crippen molar-refractivity contribution in [3.05, 3.63) is 107 Å².